The fourth-order valence-electron chi connectivity index (χ4n) is 1.86. The van der Waals surface area contributed by atoms with E-state index in [0.29, 0.717) is 5.69 Å². The Bertz CT molecular complexity index is 710. The average Bonchev–Trinajstić information content (AvgIpc) is 2.45. The van der Waals surface area contributed by atoms with E-state index in [0.717, 1.165) is 11.1 Å². The van der Waals surface area contributed by atoms with Crippen LogP contribution in [0.3, 0.4) is 0 Å². The van der Waals surface area contributed by atoms with Gasteiger partial charge in [0, 0.05) is 12.2 Å². The molecule has 0 bridgehead atoms. The maximum absolute atomic E-state index is 12.0. The van der Waals surface area contributed by atoms with Crippen molar-refractivity contribution in [2.45, 2.75) is 17.9 Å². The molecule has 0 spiro atoms. The van der Waals surface area contributed by atoms with Gasteiger partial charge in [-0.2, -0.15) is 0 Å². The summed E-state index contributed by atoms with van der Waals surface area (Å²) in [7, 11) is -3.60. The summed E-state index contributed by atoms with van der Waals surface area (Å²) in [5.41, 5.74) is 8.20. The smallest absolute Gasteiger partial charge is 0.240 e. The van der Waals surface area contributed by atoms with Crippen LogP contribution < -0.4 is 10.5 Å². The first-order valence-electron chi connectivity index (χ1n) is 6.52. The van der Waals surface area contributed by atoms with Crippen molar-refractivity contribution in [2.75, 3.05) is 12.3 Å². The van der Waals surface area contributed by atoms with Crippen molar-refractivity contribution in [3.05, 3.63) is 48.5 Å². The molecule has 0 amide bonds. The number of rotatable bonds is 5. The van der Waals surface area contributed by atoms with E-state index >= 15 is 0 Å². The number of hydrogen-bond acceptors (Lipinski definition) is 4. The Morgan fingerprint density at radius 2 is 1.81 bits per heavy atom. The molecule has 0 aliphatic heterocycles. The maximum Gasteiger partial charge on any atom is 0.240 e. The second kappa shape index (κ2) is 6.26. The maximum atomic E-state index is 12.0. The molecule has 0 aliphatic carbocycles. The summed E-state index contributed by atoms with van der Waals surface area (Å²) >= 11 is 0. The molecule has 0 saturated carbocycles. The Hall–Kier alpha value is -1.89. The number of nitrogens with two attached hydrogens (primary N) is 1. The third kappa shape index (κ3) is 4.04. The van der Waals surface area contributed by atoms with Gasteiger partial charge in [0.2, 0.25) is 10.0 Å². The molecule has 0 heterocycles. The molecule has 4 N–H and O–H groups in total. The van der Waals surface area contributed by atoms with Crippen LogP contribution in [0.1, 0.15) is 6.92 Å². The molecule has 0 aromatic heterocycles. The summed E-state index contributed by atoms with van der Waals surface area (Å²) in [5.74, 6) is 0. The lowest BCUT2D eigenvalue weighted by molar-refractivity contribution is 0.198. The largest absolute Gasteiger partial charge is 0.399 e. The number of benzene rings is 2. The second-order valence-electron chi connectivity index (χ2n) is 4.85. The molecular weight excluding hydrogens is 288 g/mol. The minimum absolute atomic E-state index is 0.0146. The van der Waals surface area contributed by atoms with Gasteiger partial charge in [0.1, 0.15) is 0 Å². The predicted molar refractivity (Wildman–Crippen MR) is 83.2 cm³/mol. The zero-order valence-corrected chi connectivity index (χ0v) is 12.5. The normalized spacial score (nSPS) is 13.0. The fourth-order valence-corrected chi connectivity index (χ4v) is 2.98. The Morgan fingerprint density at radius 3 is 2.38 bits per heavy atom. The summed E-state index contributed by atoms with van der Waals surface area (Å²) in [6, 6.07) is 13.9. The first kappa shape index (κ1) is 15.5. The molecule has 0 fully saturated rings. The van der Waals surface area contributed by atoms with Gasteiger partial charge in [-0.1, -0.05) is 24.3 Å². The van der Waals surface area contributed by atoms with Gasteiger partial charge in [0.25, 0.3) is 0 Å². The van der Waals surface area contributed by atoms with Crippen LogP contribution in [0, 0.1) is 0 Å². The van der Waals surface area contributed by atoms with Crippen LogP contribution in [-0.4, -0.2) is 26.2 Å². The first-order valence-corrected chi connectivity index (χ1v) is 8.00. The minimum atomic E-state index is -3.60. The van der Waals surface area contributed by atoms with E-state index < -0.39 is 16.1 Å². The lowest BCUT2D eigenvalue weighted by atomic mass is 10.1. The highest BCUT2D eigenvalue weighted by atomic mass is 32.2. The molecule has 1 unspecified atom stereocenters. The number of hydrogen-bond donors (Lipinski definition) is 3. The van der Waals surface area contributed by atoms with Crippen molar-refractivity contribution in [3.8, 4) is 11.1 Å². The number of aliphatic hydroxyl groups is 1. The number of nitrogen functional groups attached to an aromatic ring is 1. The number of aliphatic hydroxyl groups excluding tert-OH is 1. The lowest BCUT2D eigenvalue weighted by Crippen LogP contribution is -2.30. The van der Waals surface area contributed by atoms with Gasteiger partial charge in [-0.3, -0.25) is 0 Å². The van der Waals surface area contributed by atoms with Crippen molar-refractivity contribution in [3.63, 3.8) is 0 Å². The zero-order valence-electron chi connectivity index (χ0n) is 11.7. The molecule has 0 radical (unpaired) electrons. The van der Waals surface area contributed by atoms with Gasteiger partial charge in [-0.25, -0.2) is 13.1 Å². The molecule has 21 heavy (non-hydrogen) atoms. The topological polar surface area (TPSA) is 92.4 Å². The molecule has 2 aromatic carbocycles. The van der Waals surface area contributed by atoms with Crippen LogP contribution in [0.2, 0.25) is 0 Å². The van der Waals surface area contributed by atoms with Crippen LogP contribution in [0.5, 0.6) is 0 Å². The highest BCUT2D eigenvalue weighted by Gasteiger charge is 2.14. The van der Waals surface area contributed by atoms with Gasteiger partial charge in [0.15, 0.2) is 0 Å². The van der Waals surface area contributed by atoms with E-state index in [1.165, 1.54) is 19.1 Å². The summed E-state index contributed by atoms with van der Waals surface area (Å²) < 4.78 is 26.3. The summed E-state index contributed by atoms with van der Waals surface area (Å²) in [6.07, 6.45) is -0.730. The highest BCUT2D eigenvalue weighted by Crippen LogP contribution is 2.23. The van der Waals surface area contributed by atoms with E-state index in [2.05, 4.69) is 4.72 Å². The zero-order chi connectivity index (χ0) is 15.5. The van der Waals surface area contributed by atoms with Crippen LogP contribution in [0.4, 0.5) is 5.69 Å². The van der Waals surface area contributed by atoms with Crippen LogP contribution in [0.15, 0.2) is 53.4 Å². The van der Waals surface area contributed by atoms with Crippen molar-refractivity contribution < 1.29 is 13.5 Å². The molecule has 6 heteroatoms. The number of sulfonamides is 1. The monoisotopic (exact) mass is 306 g/mol. The van der Waals surface area contributed by atoms with E-state index in [4.69, 9.17) is 10.8 Å². The van der Waals surface area contributed by atoms with E-state index in [1.54, 1.807) is 18.2 Å². The van der Waals surface area contributed by atoms with Gasteiger partial charge in [-0.05, 0) is 42.3 Å². The lowest BCUT2D eigenvalue weighted by Gasteiger charge is -2.09. The number of anilines is 1. The van der Waals surface area contributed by atoms with Crippen molar-refractivity contribution >= 4 is 15.7 Å². The molecule has 0 saturated heterocycles. The van der Waals surface area contributed by atoms with Crippen molar-refractivity contribution in [1.82, 2.24) is 4.72 Å². The van der Waals surface area contributed by atoms with Gasteiger partial charge < -0.3 is 10.8 Å². The molecule has 112 valence electrons. The minimum Gasteiger partial charge on any atom is -0.399 e. The van der Waals surface area contributed by atoms with E-state index in [-0.39, 0.29) is 11.4 Å². The third-order valence-corrected chi connectivity index (χ3v) is 4.39. The first-order chi connectivity index (χ1) is 9.88. The van der Waals surface area contributed by atoms with Crippen LogP contribution in [-0.2, 0) is 10.0 Å². The SMILES string of the molecule is CC(O)CNS(=O)(=O)c1ccc(-c2cccc(N)c2)cc1. The summed E-state index contributed by atoms with van der Waals surface area (Å²) in [4.78, 5) is 0.163. The van der Waals surface area contributed by atoms with Crippen molar-refractivity contribution in [1.29, 1.82) is 0 Å². The molecule has 1 atom stereocenters. The Labute approximate surface area is 124 Å². The predicted octanol–water partition coefficient (Wildman–Crippen LogP) is 1.59. The average molecular weight is 306 g/mol. The van der Waals surface area contributed by atoms with Crippen LogP contribution in [0.25, 0.3) is 11.1 Å². The molecular formula is C15H18N2O3S. The Kier molecular flexibility index (Phi) is 4.62. The van der Waals surface area contributed by atoms with Crippen molar-refractivity contribution in [2.24, 2.45) is 0 Å². The standard InChI is InChI=1S/C15H18N2O3S/c1-11(18)10-17-21(19,20)15-7-5-12(6-8-15)13-3-2-4-14(16)9-13/h2-9,11,17-18H,10,16H2,1H3. The highest BCUT2D eigenvalue weighted by molar-refractivity contribution is 7.89. The Morgan fingerprint density at radius 1 is 1.14 bits per heavy atom. The molecule has 2 rings (SSSR count). The Balaban J connectivity index is 2.23. The molecule has 0 aliphatic rings. The third-order valence-electron chi connectivity index (χ3n) is 2.95. The second-order valence-corrected chi connectivity index (χ2v) is 6.62. The van der Waals surface area contributed by atoms with Gasteiger partial charge in [-0.15, -0.1) is 0 Å². The summed E-state index contributed by atoms with van der Waals surface area (Å²) in [6.45, 7) is 1.50. The van der Waals surface area contributed by atoms with E-state index in [9.17, 15) is 8.42 Å². The van der Waals surface area contributed by atoms with Gasteiger partial charge in [0.05, 0.1) is 11.0 Å². The van der Waals surface area contributed by atoms with E-state index in [1.807, 2.05) is 18.2 Å². The van der Waals surface area contributed by atoms with Gasteiger partial charge >= 0.3 is 0 Å². The quantitative estimate of drug-likeness (QED) is 0.732. The van der Waals surface area contributed by atoms with Crippen LogP contribution >= 0.6 is 0 Å². The summed E-state index contributed by atoms with van der Waals surface area (Å²) in [5, 5.41) is 9.14. The number of nitrogens with one attached hydrogen (secondary N) is 1. The molecule has 5 nitrogen and oxygen atoms in total. The molecule has 2 aromatic rings. The fraction of sp³-hybridized carbons (Fsp3) is 0.200.